The number of ketones is 1. The molecule has 2 saturated carbocycles. The molecule has 6 atom stereocenters. The van der Waals surface area contributed by atoms with E-state index in [-0.39, 0.29) is 36.0 Å². The molecule has 2 heterocycles. The van der Waals surface area contributed by atoms with Crippen molar-refractivity contribution in [2.24, 2.45) is 22.7 Å². The molecule has 12 nitrogen and oxygen atoms in total. The van der Waals surface area contributed by atoms with Crippen molar-refractivity contribution in [3.63, 3.8) is 0 Å². The Bertz CT molecular complexity index is 1380. The maximum atomic E-state index is 14.4. The normalized spacial score (nSPS) is 28.2. The van der Waals surface area contributed by atoms with E-state index in [0.29, 0.717) is 38.6 Å². The first-order chi connectivity index (χ1) is 22.4. The van der Waals surface area contributed by atoms with E-state index in [1.54, 1.807) is 0 Å². The van der Waals surface area contributed by atoms with E-state index in [9.17, 15) is 32.4 Å². The first-order valence-corrected chi connectivity index (χ1v) is 19.5. The van der Waals surface area contributed by atoms with Crippen LogP contribution in [0.25, 0.3) is 0 Å². The molecule has 2 aliphatic heterocycles. The topological polar surface area (TPSA) is 171 Å². The zero-order chi connectivity index (χ0) is 35.7. The molecule has 270 valence electrons. The highest BCUT2D eigenvalue weighted by Crippen LogP contribution is 2.65. The van der Waals surface area contributed by atoms with Gasteiger partial charge < -0.3 is 26.2 Å². The number of urea groups is 1. The molecular formula is C35H57N5O7S. The van der Waals surface area contributed by atoms with Gasteiger partial charge in [0.1, 0.15) is 12.1 Å². The van der Waals surface area contributed by atoms with Crippen molar-refractivity contribution in [1.82, 2.24) is 26.2 Å². The number of likely N-dealkylation sites (tertiary alicyclic amines) is 1. The Balaban J connectivity index is 1.56. The number of piperidine rings is 1. The number of nitrogens with zero attached hydrogens (tertiary/aromatic N) is 1. The van der Waals surface area contributed by atoms with Crippen LogP contribution in [-0.4, -0.2) is 90.6 Å². The van der Waals surface area contributed by atoms with Gasteiger partial charge >= 0.3 is 6.03 Å². The average molecular weight is 692 g/mol. The smallest absolute Gasteiger partial charge is 0.315 e. The maximum absolute atomic E-state index is 14.4. The van der Waals surface area contributed by atoms with Crippen LogP contribution in [0.1, 0.15) is 106 Å². The number of carbonyl (C=O) groups is 5. The second-order valence-electron chi connectivity index (χ2n) is 16.1. The highest BCUT2D eigenvalue weighted by atomic mass is 32.2. The van der Waals surface area contributed by atoms with Crippen LogP contribution in [0.4, 0.5) is 4.79 Å². The predicted molar refractivity (Wildman–Crippen MR) is 183 cm³/mol. The molecule has 48 heavy (non-hydrogen) atoms. The van der Waals surface area contributed by atoms with Crippen LogP contribution in [0.2, 0.25) is 0 Å². The van der Waals surface area contributed by atoms with Gasteiger partial charge in [0.2, 0.25) is 17.6 Å². The highest BCUT2D eigenvalue weighted by Gasteiger charge is 2.70. The number of rotatable bonds is 12. The van der Waals surface area contributed by atoms with E-state index in [1.165, 1.54) is 11.0 Å². The molecule has 13 heteroatoms. The average Bonchev–Trinajstić information content (AvgIpc) is 3.32. The van der Waals surface area contributed by atoms with Crippen LogP contribution in [0.5, 0.6) is 0 Å². The van der Waals surface area contributed by atoms with Gasteiger partial charge in [-0.3, -0.25) is 19.2 Å². The number of Topliss-reactive ketones (excluding diaryl/α,β-unsaturated/α-hetero) is 1. The van der Waals surface area contributed by atoms with Gasteiger partial charge in [-0.2, -0.15) is 0 Å². The van der Waals surface area contributed by atoms with Crippen LogP contribution in [0.15, 0.2) is 12.7 Å². The molecule has 0 aromatic heterocycles. The molecule has 4 aliphatic rings. The van der Waals surface area contributed by atoms with Gasteiger partial charge in [0.25, 0.3) is 5.91 Å². The lowest BCUT2D eigenvalue weighted by molar-refractivity contribution is -0.145. The van der Waals surface area contributed by atoms with Crippen molar-refractivity contribution in [3.05, 3.63) is 12.7 Å². The Morgan fingerprint density at radius 3 is 2.25 bits per heavy atom. The third kappa shape index (κ3) is 7.75. The minimum atomic E-state index is -3.39. The van der Waals surface area contributed by atoms with E-state index in [2.05, 4.69) is 41.7 Å². The summed E-state index contributed by atoms with van der Waals surface area (Å²) in [6, 6.07) is -3.53. The zero-order valence-electron chi connectivity index (χ0n) is 29.7. The van der Waals surface area contributed by atoms with Crippen LogP contribution in [-0.2, 0) is 29.0 Å². The summed E-state index contributed by atoms with van der Waals surface area (Å²) in [4.78, 5) is 69.2. The minimum absolute atomic E-state index is 0.0601. The van der Waals surface area contributed by atoms with E-state index in [4.69, 9.17) is 0 Å². The largest absolute Gasteiger partial charge is 0.346 e. The highest BCUT2D eigenvalue weighted by molar-refractivity contribution is 7.92. The van der Waals surface area contributed by atoms with E-state index in [0.717, 1.165) is 25.7 Å². The van der Waals surface area contributed by atoms with Crippen molar-refractivity contribution < 1.29 is 32.4 Å². The summed E-state index contributed by atoms with van der Waals surface area (Å²) in [7, 11) is -3.39. The number of nitrogens with one attached hydrogen (secondary N) is 4. The Morgan fingerprint density at radius 1 is 1.00 bits per heavy atom. The van der Waals surface area contributed by atoms with Crippen molar-refractivity contribution in [2.75, 3.05) is 18.8 Å². The quantitative estimate of drug-likeness (QED) is 0.180. The fourth-order valence-electron chi connectivity index (χ4n) is 8.53. The Hall–Kier alpha value is -2.96. The first-order valence-electron chi connectivity index (χ1n) is 17.8. The molecule has 0 radical (unpaired) electrons. The van der Waals surface area contributed by atoms with Gasteiger partial charge in [-0.05, 0) is 54.8 Å². The van der Waals surface area contributed by atoms with Gasteiger partial charge in [0.05, 0.1) is 22.6 Å². The summed E-state index contributed by atoms with van der Waals surface area (Å²) in [6.07, 6.45) is 7.92. The number of amides is 5. The van der Waals surface area contributed by atoms with Gasteiger partial charge in [-0.1, -0.05) is 79.7 Å². The second kappa shape index (κ2) is 14.5. The Kier molecular flexibility index (Phi) is 11.4. The molecule has 0 unspecified atom stereocenters. The molecule has 2 saturated heterocycles. The summed E-state index contributed by atoms with van der Waals surface area (Å²) in [5.74, 6) is -2.44. The Morgan fingerprint density at radius 2 is 1.67 bits per heavy atom. The molecule has 4 rings (SSSR count). The number of fused-ring (bicyclic) bond motifs is 1. The molecule has 0 spiro atoms. The summed E-state index contributed by atoms with van der Waals surface area (Å²) in [5, 5.41) is 10.6. The van der Waals surface area contributed by atoms with Crippen molar-refractivity contribution in [3.8, 4) is 0 Å². The number of hydrogen-bond donors (Lipinski definition) is 4. The second-order valence-corrected chi connectivity index (χ2v) is 18.4. The lowest BCUT2D eigenvalue weighted by atomic mass is 9.77. The zero-order valence-corrected chi connectivity index (χ0v) is 30.5. The van der Waals surface area contributed by atoms with E-state index in [1.807, 2.05) is 27.7 Å². The number of hydrogen-bond acceptors (Lipinski definition) is 7. The summed E-state index contributed by atoms with van der Waals surface area (Å²) < 4.78 is 26.5. The molecule has 5 amide bonds. The van der Waals surface area contributed by atoms with Crippen LogP contribution >= 0.6 is 0 Å². The molecule has 2 aliphatic carbocycles. The van der Waals surface area contributed by atoms with Crippen molar-refractivity contribution >= 4 is 39.4 Å². The lowest BCUT2D eigenvalue weighted by Gasteiger charge is -2.45. The maximum Gasteiger partial charge on any atom is 0.315 e. The van der Waals surface area contributed by atoms with E-state index >= 15 is 0 Å². The van der Waals surface area contributed by atoms with Crippen LogP contribution in [0, 0.1) is 22.7 Å². The first kappa shape index (κ1) is 37.9. The van der Waals surface area contributed by atoms with E-state index < -0.39 is 73.7 Å². The molecule has 4 N–H and O–H groups in total. The van der Waals surface area contributed by atoms with Crippen LogP contribution in [0.3, 0.4) is 0 Å². The van der Waals surface area contributed by atoms with Gasteiger partial charge in [-0.15, -0.1) is 6.58 Å². The fourth-order valence-corrected chi connectivity index (χ4v) is 10.9. The summed E-state index contributed by atoms with van der Waals surface area (Å²) in [5.41, 5.74) is -1.85. The predicted octanol–water partition coefficient (Wildman–Crippen LogP) is 3.01. The molecule has 0 aromatic carbocycles. The van der Waals surface area contributed by atoms with Gasteiger partial charge in [0.15, 0.2) is 9.84 Å². The fraction of sp³-hybridized carbons (Fsp3) is 0.800. The molecule has 4 fully saturated rings. The monoisotopic (exact) mass is 691 g/mol. The molecular weight excluding hydrogens is 634 g/mol. The van der Waals surface area contributed by atoms with Crippen LogP contribution < -0.4 is 21.3 Å². The summed E-state index contributed by atoms with van der Waals surface area (Å²) in [6.45, 7) is 15.5. The number of carbonyl (C=O) groups excluding carboxylic acids is 5. The SMILES string of the molecule is C=CCNC(=O)C(=O)[C@H](CCC)NC(=O)[C@@H]1[C@H]2[C@@H](CN1C(=O)[C@@H](NC(=O)NC1([C@H]3CCCCS3(=O)=O)CCCCC1)C(C)(C)C)C2(C)C. The van der Waals surface area contributed by atoms with Crippen molar-refractivity contribution in [1.29, 1.82) is 0 Å². The summed E-state index contributed by atoms with van der Waals surface area (Å²) >= 11 is 0. The van der Waals surface area contributed by atoms with Gasteiger partial charge in [-0.25, -0.2) is 13.2 Å². The molecule has 0 bridgehead atoms. The third-order valence-electron chi connectivity index (χ3n) is 11.3. The third-order valence-corrected chi connectivity index (χ3v) is 13.7. The van der Waals surface area contributed by atoms with Gasteiger partial charge in [0, 0.05) is 13.1 Å². The number of sulfone groups is 1. The lowest BCUT2D eigenvalue weighted by Crippen LogP contribution is -2.66. The minimum Gasteiger partial charge on any atom is -0.346 e. The molecule has 0 aromatic rings. The van der Waals surface area contributed by atoms with Crippen molar-refractivity contribution in [2.45, 2.75) is 135 Å². The Labute approximate surface area is 286 Å². The standard InChI is InChI=1S/C35H57N5O7S/c1-8-15-23(27(41)30(43)36-19-9-2)37-29(42)26-25-22(34(25,6)7)21-40(26)31(44)28(33(3,4)5)38-32(45)39-35(17-12-10-13-18-35)24-16-11-14-20-48(24,46)47/h9,22-26,28H,2,8,10-21H2,1,3-7H3,(H,36,43)(H,37,42)(H2,38,39,45)/t22-,23+,24-,25-,26+,28-/m1/s1.